The zero-order valence-electron chi connectivity index (χ0n) is 14.1. The molecule has 1 aromatic rings. The van der Waals surface area contributed by atoms with Crippen molar-refractivity contribution in [3.63, 3.8) is 0 Å². The van der Waals surface area contributed by atoms with E-state index >= 15 is 0 Å². The fraction of sp³-hybridized carbons (Fsp3) is 0.706. The van der Waals surface area contributed by atoms with Crippen molar-refractivity contribution >= 4 is 11.8 Å². The normalized spacial score (nSPS) is 21.0. The summed E-state index contributed by atoms with van der Waals surface area (Å²) in [6.45, 7) is 4.94. The van der Waals surface area contributed by atoms with Gasteiger partial charge in [0.1, 0.15) is 11.5 Å². The molecule has 128 valence electrons. The van der Waals surface area contributed by atoms with Gasteiger partial charge in [-0.25, -0.2) is 0 Å². The lowest BCUT2D eigenvalue weighted by molar-refractivity contribution is -0.136. The number of amides is 2. The van der Waals surface area contributed by atoms with Crippen molar-refractivity contribution in [3.8, 4) is 0 Å². The number of nitrogens with zero attached hydrogens (tertiary/aromatic N) is 1. The van der Waals surface area contributed by atoms with Crippen molar-refractivity contribution in [1.82, 2.24) is 15.8 Å². The van der Waals surface area contributed by atoms with Crippen LogP contribution >= 0.6 is 0 Å². The van der Waals surface area contributed by atoms with Crippen LogP contribution in [0.15, 0.2) is 10.6 Å². The van der Waals surface area contributed by atoms with Crippen molar-refractivity contribution in [2.75, 3.05) is 6.54 Å². The number of aromatic nitrogens is 1. The highest BCUT2D eigenvalue weighted by atomic mass is 16.5. The Kier molecular flexibility index (Phi) is 6.62. The van der Waals surface area contributed by atoms with E-state index in [-0.39, 0.29) is 23.7 Å². The molecule has 1 aliphatic rings. The van der Waals surface area contributed by atoms with E-state index in [1.54, 1.807) is 6.07 Å². The summed E-state index contributed by atoms with van der Waals surface area (Å²) in [6, 6.07) is 1.80. The quantitative estimate of drug-likeness (QED) is 0.755. The van der Waals surface area contributed by atoms with Gasteiger partial charge >= 0.3 is 0 Å². The van der Waals surface area contributed by atoms with Crippen LogP contribution in [-0.4, -0.2) is 23.5 Å². The molecular weight excluding hydrogens is 294 g/mol. The molecule has 2 atom stereocenters. The standard InChI is InChI=1S/C17H27N3O3/c1-3-4-9-18-16(21)14-7-5-6-8-15(14)17(22)19-11-13-10-12(2)23-20-13/h10,14-15H,3-9,11H2,1-2H3,(H,18,21)(H,19,22)/t14-,15+/m0/s1. The van der Waals surface area contributed by atoms with Crippen LogP contribution in [0.4, 0.5) is 0 Å². The number of carbonyl (C=O) groups is 2. The number of hydrogen-bond donors (Lipinski definition) is 2. The average molecular weight is 321 g/mol. The van der Waals surface area contributed by atoms with Gasteiger partial charge in [-0.3, -0.25) is 9.59 Å². The summed E-state index contributed by atoms with van der Waals surface area (Å²) in [5.74, 6) is 0.245. The number of unbranched alkanes of at least 4 members (excludes halogenated alkanes) is 1. The Morgan fingerprint density at radius 3 is 2.43 bits per heavy atom. The zero-order chi connectivity index (χ0) is 16.7. The minimum atomic E-state index is -0.238. The Labute approximate surface area is 137 Å². The van der Waals surface area contributed by atoms with Gasteiger partial charge in [0.2, 0.25) is 11.8 Å². The molecule has 0 bridgehead atoms. The molecule has 0 aromatic carbocycles. The summed E-state index contributed by atoms with van der Waals surface area (Å²) in [5, 5.41) is 9.73. The topological polar surface area (TPSA) is 84.2 Å². The van der Waals surface area contributed by atoms with E-state index < -0.39 is 0 Å². The number of rotatable bonds is 7. The SMILES string of the molecule is CCCCNC(=O)[C@H]1CCCC[C@H]1C(=O)NCc1cc(C)on1. The van der Waals surface area contributed by atoms with Gasteiger partial charge in [-0.1, -0.05) is 31.3 Å². The minimum absolute atomic E-state index is 0.0237. The van der Waals surface area contributed by atoms with Crippen molar-refractivity contribution in [3.05, 3.63) is 17.5 Å². The highest BCUT2D eigenvalue weighted by Gasteiger charge is 2.35. The second-order valence-electron chi connectivity index (χ2n) is 6.29. The fourth-order valence-electron chi connectivity index (χ4n) is 3.09. The number of nitrogens with one attached hydrogen (secondary N) is 2. The average Bonchev–Trinajstić information content (AvgIpc) is 2.98. The van der Waals surface area contributed by atoms with Crippen LogP contribution in [0.25, 0.3) is 0 Å². The molecule has 0 saturated heterocycles. The van der Waals surface area contributed by atoms with E-state index in [1.807, 2.05) is 6.92 Å². The van der Waals surface area contributed by atoms with Crippen LogP contribution in [0, 0.1) is 18.8 Å². The first-order chi connectivity index (χ1) is 11.1. The third-order valence-corrected chi connectivity index (χ3v) is 4.39. The van der Waals surface area contributed by atoms with Crippen molar-refractivity contribution in [1.29, 1.82) is 0 Å². The summed E-state index contributed by atoms with van der Waals surface area (Å²) in [4.78, 5) is 24.8. The van der Waals surface area contributed by atoms with E-state index in [1.165, 1.54) is 0 Å². The molecule has 0 radical (unpaired) electrons. The number of aryl methyl sites for hydroxylation is 1. The molecule has 0 unspecified atom stereocenters. The third kappa shape index (κ3) is 5.08. The Hall–Kier alpha value is -1.85. The first-order valence-corrected chi connectivity index (χ1v) is 8.59. The molecular formula is C17H27N3O3. The molecule has 1 fully saturated rings. The molecule has 2 amide bonds. The minimum Gasteiger partial charge on any atom is -0.361 e. The largest absolute Gasteiger partial charge is 0.361 e. The van der Waals surface area contributed by atoms with Crippen LogP contribution in [0.1, 0.15) is 56.9 Å². The maximum Gasteiger partial charge on any atom is 0.224 e. The van der Waals surface area contributed by atoms with Gasteiger partial charge in [0.05, 0.1) is 6.54 Å². The zero-order valence-corrected chi connectivity index (χ0v) is 14.1. The van der Waals surface area contributed by atoms with Crippen LogP contribution in [0.2, 0.25) is 0 Å². The van der Waals surface area contributed by atoms with Gasteiger partial charge in [0.15, 0.2) is 0 Å². The molecule has 0 aliphatic heterocycles. The lowest BCUT2D eigenvalue weighted by atomic mass is 9.78. The van der Waals surface area contributed by atoms with E-state index in [2.05, 4.69) is 22.7 Å². The molecule has 23 heavy (non-hydrogen) atoms. The predicted molar refractivity (Wildman–Crippen MR) is 86.5 cm³/mol. The van der Waals surface area contributed by atoms with Crippen LogP contribution in [-0.2, 0) is 16.1 Å². The fourth-order valence-corrected chi connectivity index (χ4v) is 3.09. The lowest BCUT2D eigenvalue weighted by Crippen LogP contribution is -2.43. The molecule has 1 saturated carbocycles. The summed E-state index contributed by atoms with van der Waals surface area (Å²) in [6.07, 6.45) is 5.60. The Morgan fingerprint density at radius 1 is 1.22 bits per heavy atom. The molecule has 6 nitrogen and oxygen atoms in total. The highest BCUT2D eigenvalue weighted by Crippen LogP contribution is 2.30. The van der Waals surface area contributed by atoms with E-state index in [9.17, 15) is 9.59 Å². The van der Waals surface area contributed by atoms with Gasteiger partial charge in [-0.2, -0.15) is 0 Å². The number of carbonyl (C=O) groups excluding carboxylic acids is 2. The van der Waals surface area contributed by atoms with Gasteiger partial charge in [0, 0.05) is 24.4 Å². The van der Waals surface area contributed by atoms with Crippen LogP contribution in [0.3, 0.4) is 0 Å². The molecule has 6 heteroatoms. The first kappa shape index (κ1) is 17.5. The maximum atomic E-state index is 12.5. The molecule has 1 aromatic heterocycles. The summed E-state index contributed by atoms with van der Waals surface area (Å²) < 4.78 is 4.99. The van der Waals surface area contributed by atoms with E-state index in [4.69, 9.17) is 4.52 Å². The third-order valence-electron chi connectivity index (χ3n) is 4.39. The van der Waals surface area contributed by atoms with Crippen molar-refractivity contribution < 1.29 is 14.1 Å². The summed E-state index contributed by atoms with van der Waals surface area (Å²) in [7, 11) is 0. The molecule has 2 N–H and O–H groups in total. The van der Waals surface area contributed by atoms with Crippen LogP contribution < -0.4 is 10.6 Å². The first-order valence-electron chi connectivity index (χ1n) is 8.59. The van der Waals surface area contributed by atoms with Gasteiger partial charge in [-0.15, -0.1) is 0 Å². The predicted octanol–water partition coefficient (Wildman–Crippen LogP) is 2.32. The van der Waals surface area contributed by atoms with Crippen LogP contribution in [0.5, 0.6) is 0 Å². The van der Waals surface area contributed by atoms with Crippen molar-refractivity contribution in [2.45, 2.75) is 58.9 Å². The van der Waals surface area contributed by atoms with Gasteiger partial charge < -0.3 is 15.2 Å². The molecule has 1 heterocycles. The lowest BCUT2D eigenvalue weighted by Gasteiger charge is -2.29. The second kappa shape index (κ2) is 8.70. The Morgan fingerprint density at radius 2 is 1.87 bits per heavy atom. The molecule has 1 aliphatic carbocycles. The van der Waals surface area contributed by atoms with Gasteiger partial charge in [-0.05, 0) is 26.2 Å². The Balaban J connectivity index is 1.88. The Bertz CT molecular complexity index is 527. The number of hydrogen-bond acceptors (Lipinski definition) is 4. The molecule has 2 rings (SSSR count). The van der Waals surface area contributed by atoms with E-state index in [0.717, 1.165) is 44.3 Å². The van der Waals surface area contributed by atoms with Crippen molar-refractivity contribution in [2.24, 2.45) is 11.8 Å². The summed E-state index contributed by atoms with van der Waals surface area (Å²) in [5.41, 5.74) is 0.704. The van der Waals surface area contributed by atoms with Gasteiger partial charge in [0.25, 0.3) is 0 Å². The monoisotopic (exact) mass is 321 g/mol. The maximum absolute atomic E-state index is 12.5. The smallest absolute Gasteiger partial charge is 0.224 e. The summed E-state index contributed by atoms with van der Waals surface area (Å²) >= 11 is 0. The van der Waals surface area contributed by atoms with E-state index in [0.29, 0.717) is 18.8 Å². The second-order valence-corrected chi connectivity index (χ2v) is 6.29. The molecule has 0 spiro atoms. The highest BCUT2D eigenvalue weighted by molar-refractivity contribution is 5.87.